The summed E-state index contributed by atoms with van der Waals surface area (Å²) < 4.78 is 15.0. The van der Waals surface area contributed by atoms with Gasteiger partial charge in [0.2, 0.25) is 0 Å². The number of hydrogen-bond donors (Lipinski definition) is 1. The largest absolute Gasteiger partial charge is 0.372 e. The van der Waals surface area contributed by atoms with Gasteiger partial charge in [-0.2, -0.15) is 0 Å². The average molecular weight is 392 g/mol. The van der Waals surface area contributed by atoms with Gasteiger partial charge in [0.1, 0.15) is 5.82 Å². The number of nitrogens with one attached hydrogen (secondary N) is 1. The van der Waals surface area contributed by atoms with E-state index < -0.39 is 5.82 Å². The van der Waals surface area contributed by atoms with Crippen LogP contribution in [0, 0.1) is 9.39 Å². The molecule has 3 nitrogen and oxygen atoms in total. The highest BCUT2D eigenvalue weighted by molar-refractivity contribution is 14.1. The van der Waals surface area contributed by atoms with E-state index in [0.29, 0.717) is 17.2 Å². The second-order valence-corrected chi connectivity index (χ2v) is 5.35. The predicted molar refractivity (Wildman–Crippen MR) is 84.1 cm³/mol. The zero-order valence-corrected chi connectivity index (χ0v) is 13.4. The number of rotatable bonds is 3. The molecule has 0 aliphatic rings. The van der Waals surface area contributed by atoms with E-state index in [-0.39, 0.29) is 5.02 Å². The zero-order chi connectivity index (χ0) is 14.0. The summed E-state index contributed by atoms with van der Waals surface area (Å²) in [5.74, 6) is 0.554. The molecule has 0 atom stereocenters. The lowest BCUT2D eigenvalue weighted by Gasteiger charge is -2.11. The van der Waals surface area contributed by atoms with Crippen molar-refractivity contribution in [1.82, 2.24) is 9.97 Å². The van der Waals surface area contributed by atoms with Crippen LogP contribution in [0.1, 0.15) is 12.6 Å². The topological polar surface area (TPSA) is 37.8 Å². The molecular formula is C13H12ClFIN3. The fourth-order valence-electron chi connectivity index (χ4n) is 1.69. The second kappa shape index (κ2) is 6.00. The Morgan fingerprint density at radius 2 is 2.11 bits per heavy atom. The quantitative estimate of drug-likeness (QED) is 0.799. The van der Waals surface area contributed by atoms with E-state index in [1.54, 1.807) is 19.2 Å². The molecule has 0 aliphatic carbocycles. The van der Waals surface area contributed by atoms with Crippen molar-refractivity contribution < 1.29 is 4.39 Å². The molecule has 6 heteroatoms. The van der Waals surface area contributed by atoms with Gasteiger partial charge in [0.25, 0.3) is 0 Å². The number of halogens is 3. The fourth-order valence-corrected chi connectivity index (χ4v) is 2.76. The molecule has 1 aromatic carbocycles. The van der Waals surface area contributed by atoms with Crippen LogP contribution in [0.2, 0.25) is 5.02 Å². The molecule has 0 radical (unpaired) electrons. The van der Waals surface area contributed by atoms with Crippen molar-refractivity contribution in [1.29, 1.82) is 0 Å². The molecule has 1 N–H and O–H groups in total. The van der Waals surface area contributed by atoms with Crippen LogP contribution in [-0.2, 0) is 6.42 Å². The molecule has 0 amide bonds. The van der Waals surface area contributed by atoms with E-state index in [1.807, 2.05) is 6.92 Å². The molecule has 0 saturated heterocycles. The van der Waals surface area contributed by atoms with Crippen LogP contribution in [0.5, 0.6) is 0 Å². The van der Waals surface area contributed by atoms with Gasteiger partial charge in [-0.15, -0.1) is 0 Å². The van der Waals surface area contributed by atoms with Crippen LogP contribution in [0.25, 0.3) is 11.4 Å². The highest BCUT2D eigenvalue weighted by Crippen LogP contribution is 2.28. The van der Waals surface area contributed by atoms with Crippen LogP contribution in [0.15, 0.2) is 18.2 Å². The van der Waals surface area contributed by atoms with Gasteiger partial charge in [-0.05, 0) is 41.1 Å². The molecule has 2 aromatic rings. The molecule has 0 unspecified atom stereocenters. The molecule has 100 valence electrons. The van der Waals surface area contributed by atoms with Gasteiger partial charge in [0.05, 0.1) is 19.9 Å². The van der Waals surface area contributed by atoms with E-state index >= 15 is 0 Å². The summed E-state index contributed by atoms with van der Waals surface area (Å²) in [5, 5.41) is 3.07. The van der Waals surface area contributed by atoms with E-state index in [0.717, 1.165) is 15.7 Å². The molecule has 0 spiro atoms. The summed E-state index contributed by atoms with van der Waals surface area (Å²) in [6.45, 7) is 2.00. The van der Waals surface area contributed by atoms with Crippen LogP contribution in [-0.4, -0.2) is 17.0 Å². The Bertz CT molecular complexity index is 594. The van der Waals surface area contributed by atoms with Crippen LogP contribution in [0.4, 0.5) is 10.2 Å². The third kappa shape index (κ3) is 2.81. The fraction of sp³-hybridized carbons (Fsp3) is 0.231. The number of hydrogen-bond acceptors (Lipinski definition) is 3. The standard InChI is InChI=1S/C13H12ClFIN3/c1-3-9-11(16)13(17-2)19-12(18-9)7-5-4-6-8(14)10(7)15/h4-6H,3H2,1-2H3,(H,17,18,19). The summed E-state index contributed by atoms with van der Waals surface area (Å²) in [5.41, 5.74) is 1.20. The number of nitrogens with zero attached hydrogens (tertiary/aromatic N) is 2. The number of anilines is 1. The number of benzene rings is 1. The third-order valence-electron chi connectivity index (χ3n) is 2.68. The maximum absolute atomic E-state index is 14.0. The first-order valence-electron chi connectivity index (χ1n) is 5.77. The molecule has 19 heavy (non-hydrogen) atoms. The van der Waals surface area contributed by atoms with Gasteiger partial charge in [0.15, 0.2) is 11.6 Å². The zero-order valence-electron chi connectivity index (χ0n) is 10.5. The first-order valence-corrected chi connectivity index (χ1v) is 7.22. The molecule has 2 rings (SSSR count). The van der Waals surface area contributed by atoms with Crippen molar-refractivity contribution >= 4 is 40.0 Å². The van der Waals surface area contributed by atoms with E-state index in [2.05, 4.69) is 37.9 Å². The van der Waals surface area contributed by atoms with Crippen LogP contribution < -0.4 is 5.32 Å². The third-order valence-corrected chi connectivity index (χ3v) is 4.11. The lowest BCUT2D eigenvalue weighted by atomic mass is 10.2. The Hall–Kier alpha value is -0.950. The van der Waals surface area contributed by atoms with E-state index in [4.69, 9.17) is 11.6 Å². The van der Waals surface area contributed by atoms with Crippen LogP contribution >= 0.6 is 34.2 Å². The summed E-state index contributed by atoms with van der Waals surface area (Å²) in [7, 11) is 1.78. The van der Waals surface area contributed by atoms with Gasteiger partial charge < -0.3 is 5.32 Å². The normalized spacial score (nSPS) is 10.6. The maximum atomic E-state index is 14.0. The van der Waals surface area contributed by atoms with Gasteiger partial charge in [0, 0.05) is 7.05 Å². The smallest absolute Gasteiger partial charge is 0.164 e. The monoisotopic (exact) mass is 391 g/mol. The van der Waals surface area contributed by atoms with Gasteiger partial charge >= 0.3 is 0 Å². The number of aryl methyl sites for hydroxylation is 1. The first kappa shape index (κ1) is 14.5. The maximum Gasteiger partial charge on any atom is 0.164 e. The highest BCUT2D eigenvalue weighted by atomic mass is 127. The highest BCUT2D eigenvalue weighted by Gasteiger charge is 2.15. The summed E-state index contributed by atoms with van der Waals surface area (Å²) in [6, 6.07) is 4.82. The minimum Gasteiger partial charge on any atom is -0.372 e. The van der Waals surface area contributed by atoms with Gasteiger partial charge in [-0.1, -0.05) is 24.6 Å². The summed E-state index contributed by atoms with van der Waals surface area (Å²) in [4.78, 5) is 8.76. The van der Waals surface area contributed by atoms with Crippen LogP contribution in [0.3, 0.4) is 0 Å². The molecule has 0 bridgehead atoms. The van der Waals surface area contributed by atoms with Crippen molar-refractivity contribution in [2.24, 2.45) is 0 Å². The van der Waals surface area contributed by atoms with Crippen molar-refractivity contribution in [3.05, 3.63) is 38.3 Å². The molecule has 1 aromatic heterocycles. The van der Waals surface area contributed by atoms with Gasteiger partial charge in [-0.3, -0.25) is 0 Å². The summed E-state index contributed by atoms with van der Waals surface area (Å²) in [6.07, 6.45) is 0.755. The molecule has 0 fully saturated rings. The predicted octanol–water partition coefficient (Wildman–Crippen LogP) is 4.14. The lowest BCUT2D eigenvalue weighted by Crippen LogP contribution is -2.05. The SMILES string of the molecule is CCc1nc(-c2cccc(Cl)c2F)nc(NC)c1I. The van der Waals surface area contributed by atoms with E-state index in [1.165, 1.54) is 6.07 Å². The molecular weight excluding hydrogens is 380 g/mol. The minimum atomic E-state index is -0.491. The summed E-state index contributed by atoms with van der Waals surface area (Å²) >= 11 is 7.98. The molecule has 0 aliphatic heterocycles. The Kier molecular flexibility index (Phi) is 4.57. The molecule has 0 saturated carbocycles. The Morgan fingerprint density at radius 1 is 1.37 bits per heavy atom. The lowest BCUT2D eigenvalue weighted by molar-refractivity contribution is 0.630. The van der Waals surface area contributed by atoms with Crippen molar-refractivity contribution in [3.63, 3.8) is 0 Å². The average Bonchev–Trinajstić information content (AvgIpc) is 2.42. The second-order valence-electron chi connectivity index (χ2n) is 3.86. The van der Waals surface area contributed by atoms with E-state index in [9.17, 15) is 4.39 Å². The van der Waals surface area contributed by atoms with Gasteiger partial charge in [-0.25, -0.2) is 14.4 Å². The minimum absolute atomic E-state index is 0.0729. The molecule has 1 heterocycles. The number of aromatic nitrogens is 2. The van der Waals surface area contributed by atoms with Crippen molar-refractivity contribution in [3.8, 4) is 11.4 Å². The Morgan fingerprint density at radius 3 is 2.74 bits per heavy atom. The Balaban J connectivity index is 2.65. The van der Waals surface area contributed by atoms with Crippen molar-refractivity contribution in [2.45, 2.75) is 13.3 Å². The van der Waals surface area contributed by atoms with Crippen molar-refractivity contribution in [2.75, 3.05) is 12.4 Å². The Labute approximate surface area is 129 Å². The first-order chi connectivity index (χ1) is 9.08.